The predicted molar refractivity (Wildman–Crippen MR) is 178 cm³/mol. The molecule has 6 rings (SSSR count). The molecule has 2 N–H and O–H groups in total. The average Bonchev–Trinajstić information content (AvgIpc) is 3.39. The van der Waals surface area contributed by atoms with Crippen LogP contribution in [0.1, 0.15) is 58.1 Å². The summed E-state index contributed by atoms with van der Waals surface area (Å²) in [4.78, 5) is 59.6. The van der Waals surface area contributed by atoms with E-state index < -0.39 is 11.6 Å². The number of benzene rings is 3. The van der Waals surface area contributed by atoms with Crippen molar-refractivity contribution in [2.24, 2.45) is 5.92 Å². The number of carbonyl (C=O) groups is 3. The standard InChI is InChI=1S/C36H43N5O5/c1-36(2,3)46-35(45)40-19-15-25(16-20-40)32(42)37-30(23-26-11-8-10-24-9-4-5-12-28(24)26)33(43)39-21-17-27(18-22-39)41-31-14-7-6-13-29(31)38-34(41)44/h4-14,25,27,30H,15-23H2,1-3H3,(H,37,42)(H,38,44). The van der Waals surface area contributed by atoms with Crippen molar-refractivity contribution in [2.75, 3.05) is 26.2 Å². The summed E-state index contributed by atoms with van der Waals surface area (Å²) in [6, 6.07) is 21.0. The normalized spacial score (nSPS) is 17.3. The number of carbonyl (C=O) groups excluding carboxylic acids is 3. The summed E-state index contributed by atoms with van der Waals surface area (Å²) in [5.74, 6) is -0.583. The quantitative estimate of drug-likeness (QED) is 0.312. The van der Waals surface area contributed by atoms with E-state index in [0.717, 1.165) is 27.4 Å². The van der Waals surface area contributed by atoms with E-state index >= 15 is 0 Å². The molecule has 2 fully saturated rings. The lowest BCUT2D eigenvalue weighted by molar-refractivity contribution is -0.138. The zero-order chi connectivity index (χ0) is 32.4. The number of hydrogen-bond donors (Lipinski definition) is 2. The molecule has 4 aromatic rings. The monoisotopic (exact) mass is 625 g/mol. The van der Waals surface area contributed by atoms with Gasteiger partial charge in [-0.25, -0.2) is 9.59 Å². The van der Waals surface area contributed by atoms with Crippen molar-refractivity contribution in [3.05, 3.63) is 82.8 Å². The molecule has 0 saturated carbocycles. The van der Waals surface area contributed by atoms with Crippen LogP contribution in [0.5, 0.6) is 0 Å². The SMILES string of the molecule is CC(C)(C)OC(=O)N1CCC(C(=O)NC(Cc2cccc3ccccc23)C(=O)N2CCC(n3c(=O)[nH]c4ccccc43)CC2)CC1. The van der Waals surface area contributed by atoms with Gasteiger partial charge in [-0.1, -0.05) is 54.6 Å². The van der Waals surface area contributed by atoms with Gasteiger partial charge in [0.2, 0.25) is 11.8 Å². The molecule has 2 aliphatic heterocycles. The minimum atomic E-state index is -0.741. The van der Waals surface area contributed by atoms with E-state index in [0.29, 0.717) is 58.3 Å². The first kappa shape index (κ1) is 31.4. The number of likely N-dealkylation sites (tertiary alicyclic amines) is 2. The summed E-state index contributed by atoms with van der Waals surface area (Å²) >= 11 is 0. The first-order chi connectivity index (χ1) is 22.1. The van der Waals surface area contributed by atoms with Crippen LogP contribution in [-0.2, 0) is 20.7 Å². The number of imidazole rings is 1. The molecule has 46 heavy (non-hydrogen) atoms. The van der Waals surface area contributed by atoms with Crippen LogP contribution in [0.4, 0.5) is 4.79 Å². The maximum Gasteiger partial charge on any atom is 0.410 e. The van der Waals surface area contributed by atoms with Gasteiger partial charge in [-0.05, 0) is 74.9 Å². The van der Waals surface area contributed by atoms with E-state index in [2.05, 4.69) is 10.3 Å². The van der Waals surface area contributed by atoms with Crippen LogP contribution in [0.2, 0.25) is 0 Å². The molecule has 0 spiro atoms. The van der Waals surface area contributed by atoms with Crippen LogP contribution < -0.4 is 11.0 Å². The highest BCUT2D eigenvalue weighted by Crippen LogP contribution is 2.27. The number of ether oxygens (including phenoxy) is 1. The highest BCUT2D eigenvalue weighted by molar-refractivity contribution is 5.91. The van der Waals surface area contributed by atoms with Gasteiger partial charge < -0.3 is 24.8 Å². The molecule has 0 aliphatic carbocycles. The lowest BCUT2D eigenvalue weighted by atomic mass is 9.94. The van der Waals surface area contributed by atoms with Gasteiger partial charge >= 0.3 is 11.8 Å². The summed E-state index contributed by atoms with van der Waals surface area (Å²) in [6.07, 6.45) is 2.30. The average molecular weight is 626 g/mol. The van der Waals surface area contributed by atoms with Gasteiger partial charge in [0.05, 0.1) is 11.0 Å². The molecular weight excluding hydrogens is 582 g/mol. The zero-order valence-corrected chi connectivity index (χ0v) is 26.8. The van der Waals surface area contributed by atoms with Crippen LogP contribution >= 0.6 is 0 Å². The van der Waals surface area contributed by atoms with Crippen molar-refractivity contribution >= 4 is 39.7 Å². The minimum absolute atomic E-state index is 0.0195. The second-order valence-corrected chi connectivity index (χ2v) is 13.5. The molecule has 10 heteroatoms. The largest absolute Gasteiger partial charge is 0.444 e. The van der Waals surface area contributed by atoms with E-state index in [9.17, 15) is 19.2 Å². The van der Waals surface area contributed by atoms with Crippen LogP contribution in [0, 0.1) is 5.92 Å². The molecule has 1 unspecified atom stereocenters. The van der Waals surface area contributed by atoms with Crippen molar-refractivity contribution in [1.82, 2.24) is 24.7 Å². The maximum atomic E-state index is 14.2. The summed E-state index contributed by atoms with van der Waals surface area (Å²) in [5, 5.41) is 5.26. The van der Waals surface area contributed by atoms with Gasteiger partial charge in [-0.3, -0.25) is 14.2 Å². The molecule has 1 aromatic heterocycles. The number of nitrogens with zero attached hydrogens (tertiary/aromatic N) is 3. The maximum absolute atomic E-state index is 14.2. The summed E-state index contributed by atoms with van der Waals surface area (Å²) in [7, 11) is 0. The Hall–Kier alpha value is -4.60. The number of fused-ring (bicyclic) bond motifs is 2. The van der Waals surface area contributed by atoms with Gasteiger partial charge in [0.25, 0.3) is 0 Å². The molecule has 3 heterocycles. The third kappa shape index (κ3) is 6.80. The molecule has 10 nitrogen and oxygen atoms in total. The summed E-state index contributed by atoms with van der Waals surface area (Å²) in [6.45, 7) is 7.34. The third-order valence-corrected chi connectivity index (χ3v) is 9.20. The molecule has 0 radical (unpaired) electrons. The Labute approximate surface area is 268 Å². The molecule has 2 saturated heterocycles. The van der Waals surface area contributed by atoms with E-state index in [1.54, 1.807) is 4.90 Å². The van der Waals surface area contributed by atoms with Gasteiger partial charge in [0.1, 0.15) is 11.6 Å². The van der Waals surface area contributed by atoms with E-state index in [-0.39, 0.29) is 35.6 Å². The van der Waals surface area contributed by atoms with Crippen molar-refractivity contribution in [1.29, 1.82) is 0 Å². The molecule has 0 bridgehead atoms. The number of H-pyrrole nitrogens is 1. The number of hydrogen-bond acceptors (Lipinski definition) is 5. The molecule has 242 valence electrons. The van der Waals surface area contributed by atoms with Gasteiger partial charge in [-0.15, -0.1) is 0 Å². The van der Waals surface area contributed by atoms with E-state index in [1.165, 1.54) is 0 Å². The molecular formula is C36H43N5O5. The Morgan fingerprint density at radius 3 is 2.26 bits per heavy atom. The predicted octanol–water partition coefficient (Wildman–Crippen LogP) is 5.02. The van der Waals surface area contributed by atoms with Crippen molar-refractivity contribution in [3.63, 3.8) is 0 Å². The second kappa shape index (κ2) is 13.0. The lowest BCUT2D eigenvalue weighted by Gasteiger charge is -2.36. The van der Waals surface area contributed by atoms with E-state index in [4.69, 9.17) is 4.74 Å². The fraction of sp³-hybridized carbons (Fsp3) is 0.444. The van der Waals surface area contributed by atoms with Gasteiger partial charge in [0, 0.05) is 44.6 Å². The number of nitrogens with one attached hydrogen (secondary N) is 2. The molecule has 1 atom stereocenters. The van der Waals surface area contributed by atoms with Gasteiger partial charge in [0.15, 0.2) is 0 Å². The number of piperidine rings is 2. The molecule has 3 aromatic carbocycles. The van der Waals surface area contributed by atoms with Crippen LogP contribution in [0.3, 0.4) is 0 Å². The molecule has 2 aliphatic rings. The Morgan fingerprint density at radius 2 is 1.52 bits per heavy atom. The van der Waals surface area contributed by atoms with Gasteiger partial charge in [-0.2, -0.15) is 0 Å². The lowest BCUT2D eigenvalue weighted by Crippen LogP contribution is -2.54. The Balaban J connectivity index is 1.16. The number of aromatic amines is 1. The Morgan fingerprint density at radius 1 is 0.870 bits per heavy atom. The highest BCUT2D eigenvalue weighted by Gasteiger charge is 2.35. The van der Waals surface area contributed by atoms with Crippen LogP contribution in [0.25, 0.3) is 21.8 Å². The topological polar surface area (TPSA) is 117 Å². The number of aromatic nitrogens is 2. The van der Waals surface area contributed by atoms with Crippen molar-refractivity contribution in [3.8, 4) is 0 Å². The zero-order valence-electron chi connectivity index (χ0n) is 26.8. The fourth-order valence-corrected chi connectivity index (χ4v) is 6.83. The Kier molecular flexibility index (Phi) is 8.88. The number of amides is 3. The van der Waals surface area contributed by atoms with Crippen LogP contribution in [0.15, 0.2) is 71.5 Å². The van der Waals surface area contributed by atoms with E-state index in [1.807, 2.05) is 97.0 Å². The summed E-state index contributed by atoms with van der Waals surface area (Å²) < 4.78 is 7.33. The van der Waals surface area contributed by atoms with Crippen molar-refractivity contribution < 1.29 is 19.1 Å². The number of rotatable bonds is 6. The molecule has 3 amide bonds. The second-order valence-electron chi connectivity index (χ2n) is 13.5. The highest BCUT2D eigenvalue weighted by atomic mass is 16.6. The first-order valence-electron chi connectivity index (χ1n) is 16.3. The Bertz CT molecular complexity index is 1780. The third-order valence-electron chi connectivity index (χ3n) is 9.20. The summed E-state index contributed by atoms with van der Waals surface area (Å²) in [5.41, 5.74) is 1.96. The van der Waals surface area contributed by atoms with Crippen molar-refractivity contribution in [2.45, 2.75) is 70.6 Å². The first-order valence-corrected chi connectivity index (χ1v) is 16.3. The minimum Gasteiger partial charge on any atom is -0.444 e. The van der Waals surface area contributed by atoms with Crippen LogP contribution in [-0.4, -0.2) is 75.1 Å². The fourth-order valence-electron chi connectivity index (χ4n) is 6.83. The number of para-hydroxylation sites is 2. The smallest absolute Gasteiger partial charge is 0.410 e.